The molecule has 0 radical (unpaired) electrons. The summed E-state index contributed by atoms with van der Waals surface area (Å²) in [4.78, 5) is 0. The zero-order chi connectivity index (χ0) is 16.4. The van der Waals surface area contributed by atoms with Crippen LogP contribution in [-0.4, -0.2) is 3.92 Å². The van der Waals surface area contributed by atoms with Crippen molar-refractivity contribution >= 4 is 22.6 Å². The predicted molar refractivity (Wildman–Crippen MR) is 109 cm³/mol. The van der Waals surface area contributed by atoms with E-state index < -0.39 is 0 Å². The lowest BCUT2D eigenvalue weighted by Crippen LogP contribution is -2.29. The highest BCUT2D eigenvalue weighted by Gasteiger charge is 2.46. The van der Waals surface area contributed by atoms with Crippen molar-refractivity contribution in [3.8, 4) is 0 Å². The number of alkyl halides is 1. The zero-order valence-electron chi connectivity index (χ0n) is 14.0. The van der Waals surface area contributed by atoms with E-state index in [1.54, 1.807) is 17.2 Å². The van der Waals surface area contributed by atoms with Crippen LogP contribution in [-0.2, 0) is 11.8 Å². The monoisotopic (exact) mass is 416 g/mol. The molecule has 0 aliphatic heterocycles. The van der Waals surface area contributed by atoms with Crippen molar-refractivity contribution in [1.82, 2.24) is 0 Å². The van der Waals surface area contributed by atoms with E-state index >= 15 is 0 Å². The van der Waals surface area contributed by atoms with Crippen molar-refractivity contribution in [2.45, 2.75) is 41.9 Å². The van der Waals surface area contributed by atoms with Gasteiger partial charge in [-0.1, -0.05) is 104 Å². The van der Waals surface area contributed by atoms with Crippen LogP contribution in [0.25, 0.3) is 0 Å². The van der Waals surface area contributed by atoms with Gasteiger partial charge in [0.2, 0.25) is 0 Å². The van der Waals surface area contributed by atoms with Crippen molar-refractivity contribution in [2.24, 2.45) is 5.92 Å². The van der Waals surface area contributed by atoms with E-state index in [0.717, 1.165) is 12.3 Å². The van der Waals surface area contributed by atoms with Crippen molar-refractivity contribution in [3.05, 3.63) is 84.0 Å². The van der Waals surface area contributed by atoms with Gasteiger partial charge in [0, 0.05) is 9.84 Å². The first-order valence-corrected chi connectivity index (χ1v) is 9.68. The fourth-order valence-corrected chi connectivity index (χ4v) is 4.90. The summed E-state index contributed by atoms with van der Waals surface area (Å²) < 4.78 is 0.682. The van der Waals surface area contributed by atoms with Gasteiger partial charge in [0.25, 0.3) is 0 Å². The smallest absolute Gasteiger partial charge is 0.0292 e. The summed E-state index contributed by atoms with van der Waals surface area (Å²) in [5.74, 6) is 1.36. The third kappa shape index (κ3) is 3.26. The lowest BCUT2D eigenvalue weighted by atomic mass is 9.72. The summed E-state index contributed by atoms with van der Waals surface area (Å²) in [6.45, 7) is 8.56. The number of halogens is 1. The molecule has 1 aromatic rings. The summed E-state index contributed by atoms with van der Waals surface area (Å²) in [7, 11) is 0. The third-order valence-corrected chi connectivity index (χ3v) is 6.31. The zero-order valence-corrected chi connectivity index (χ0v) is 16.2. The third-order valence-electron chi connectivity index (χ3n) is 5.39. The summed E-state index contributed by atoms with van der Waals surface area (Å²) in [5.41, 5.74) is 4.80. The Kier molecular flexibility index (Phi) is 4.96. The first-order valence-electron chi connectivity index (χ1n) is 8.44. The number of rotatable bonds is 4. The Hall–Kier alpha value is -1.09. The number of hydrogen-bond donors (Lipinski definition) is 0. The summed E-state index contributed by atoms with van der Waals surface area (Å²) >= 11 is 2.58. The van der Waals surface area contributed by atoms with Crippen molar-refractivity contribution in [1.29, 1.82) is 0 Å². The van der Waals surface area contributed by atoms with Crippen LogP contribution in [0, 0.1) is 5.92 Å². The summed E-state index contributed by atoms with van der Waals surface area (Å²) in [6, 6.07) is 7.14. The maximum absolute atomic E-state index is 3.69. The van der Waals surface area contributed by atoms with Gasteiger partial charge in [-0.25, -0.2) is 0 Å². The first kappa shape index (κ1) is 16.8. The molecule has 3 atom stereocenters. The minimum atomic E-state index is 0.274. The molecule has 0 heterocycles. The molecule has 120 valence electrons. The molecule has 3 rings (SSSR count). The summed E-state index contributed by atoms with van der Waals surface area (Å²) in [6.07, 6.45) is 17.3. The molecule has 2 aliphatic rings. The highest BCUT2D eigenvalue weighted by Crippen LogP contribution is 2.55. The molecule has 2 aliphatic carbocycles. The van der Waals surface area contributed by atoms with E-state index in [-0.39, 0.29) is 5.41 Å². The molecule has 0 spiro atoms. The minimum absolute atomic E-state index is 0.274. The van der Waals surface area contributed by atoms with Crippen LogP contribution in [0.1, 0.15) is 42.9 Å². The molecule has 0 fully saturated rings. The SMILES string of the molecule is C=C/C=C\C=C/Cc1ccc2c(c1)C(C)(C)[C@@H]1CC(I)C=CC21. The predicted octanol–water partition coefficient (Wildman–Crippen LogP) is 6.28. The Morgan fingerprint density at radius 1 is 1.22 bits per heavy atom. The quantitative estimate of drug-likeness (QED) is 0.235. The van der Waals surface area contributed by atoms with Crippen LogP contribution in [0.3, 0.4) is 0 Å². The van der Waals surface area contributed by atoms with Gasteiger partial charge in [-0.05, 0) is 40.9 Å². The number of hydrogen-bond acceptors (Lipinski definition) is 0. The topological polar surface area (TPSA) is 0 Å². The molecule has 0 saturated carbocycles. The summed E-state index contributed by atoms with van der Waals surface area (Å²) in [5, 5.41) is 0. The van der Waals surface area contributed by atoms with Gasteiger partial charge in [-0.3, -0.25) is 0 Å². The van der Waals surface area contributed by atoms with Gasteiger partial charge in [-0.15, -0.1) is 0 Å². The molecule has 23 heavy (non-hydrogen) atoms. The van der Waals surface area contributed by atoms with Crippen molar-refractivity contribution in [3.63, 3.8) is 0 Å². The second kappa shape index (κ2) is 6.80. The standard InChI is InChI=1S/C22H25I/c1-4-5-6-7-8-9-16-10-12-18-19-13-11-17(23)15-21(19)22(2,3)20(18)14-16/h4-8,10-14,17,19,21H,1,9,15H2,2-3H3/b6-5-,8-7-/t17?,19?,21-/m1/s1. The van der Waals surface area contributed by atoms with Gasteiger partial charge in [-0.2, -0.15) is 0 Å². The number of fused-ring (bicyclic) bond motifs is 3. The van der Waals surface area contributed by atoms with Crippen LogP contribution in [0.15, 0.2) is 67.3 Å². The van der Waals surface area contributed by atoms with Gasteiger partial charge < -0.3 is 0 Å². The highest BCUT2D eigenvalue weighted by atomic mass is 127. The first-order chi connectivity index (χ1) is 11.0. The average molecular weight is 416 g/mol. The Morgan fingerprint density at radius 2 is 2.04 bits per heavy atom. The Labute approximate surface area is 154 Å². The van der Waals surface area contributed by atoms with Crippen LogP contribution in [0.2, 0.25) is 0 Å². The number of allylic oxidation sites excluding steroid dienone is 7. The fourth-order valence-electron chi connectivity index (χ4n) is 4.11. The molecule has 1 heteroatoms. The Bertz CT molecular complexity index is 675. The molecule has 1 aromatic carbocycles. The largest absolute Gasteiger partial charge is 0.0991 e. The Balaban J connectivity index is 1.86. The van der Waals surface area contributed by atoms with Gasteiger partial charge in [0.1, 0.15) is 0 Å². The molecule has 0 nitrogen and oxygen atoms in total. The van der Waals surface area contributed by atoms with Crippen molar-refractivity contribution in [2.75, 3.05) is 0 Å². The lowest BCUT2D eigenvalue weighted by molar-refractivity contribution is 0.306. The molecular weight excluding hydrogens is 391 g/mol. The van der Waals surface area contributed by atoms with Crippen LogP contribution >= 0.6 is 22.6 Å². The molecule has 0 bridgehead atoms. The normalized spacial score (nSPS) is 28.2. The molecule has 0 amide bonds. The van der Waals surface area contributed by atoms with E-state index in [0.29, 0.717) is 9.84 Å². The van der Waals surface area contributed by atoms with Gasteiger partial charge in [0.05, 0.1) is 0 Å². The maximum Gasteiger partial charge on any atom is 0.0292 e. The fraction of sp³-hybridized carbons (Fsp3) is 0.364. The molecule has 2 unspecified atom stereocenters. The van der Waals surface area contributed by atoms with Gasteiger partial charge in [0.15, 0.2) is 0 Å². The maximum atomic E-state index is 3.69. The molecule has 0 saturated heterocycles. The van der Waals surface area contributed by atoms with Crippen LogP contribution in [0.5, 0.6) is 0 Å². The molecule has 0 N–H and O–H groups in total. The molecule has 0 aromatic heterocycles. The average Bonchev–Trinajstić information content (AvgIpc) is 2.75. The van der Waals surface area contributed by atoms with E-state index in [9.17, 15) is 0 Å². The van der Waals surface area contributed by atoms with E-state index in [4.69, 9.17) is 0 Å². The second-order valence-corrected chi connectivity index (χ2v) is 8.77. The van der Waals surface area contributed by atoms with Crippen LogP contribution < -0.4 is 0 Å². The van der Waals surface area contributed by atoms with E-state index in [1.165, 1.54) is 12.0 Å². The van der Waals surface area contributed by atoms with E-state index in [1.807, 2.05) is 12.2 Å². The lowest BCUT2D eigenvalue weighted by Gasteiger charge is -2.34. The molecular formula is C22H25I. The second-order valence-electron chi connectivity index (χ2n) is 7.17. The van der Waals surface area contributed by atoms with Gasteiger partial charge >= 0.3 is 0 Å². The van der Waals surface area contributed by atoms with Crippen molar-refractivity contribution < 1.29 is 0 Å². The number of benzene rings is 1. The minimum Gasteiger partial charge on any atom is -0.0991 e. The Morgan fingerprint density at radius 3 is 2.83 bits per heavy atom. The van der Waals surface area contributed by atoms with Crippen LogP contribution in [0.4, 0.5) is 0 Å². The highest BCUT2D eigenvalue weighted by molar-refractivity contribution is 14.1. The van der Waals surface area contributed by atoms with E-state index in [2.05, 4.69) is 85.5 Å².